The lowest BCUT2D eigenvalue weighted by molar-refractivity contribution is -0.123. The fourth-order valence-corrected chi connectivity index (χ4v) is 4.54. The molecule has 1 aromatic carbocycles. The number of likely N-dealkylation sites (N-methyl/N-ethyl adjacent to an activating group) is 1. The summed E-state index contributed by atoms with van der Waals surface area (Å²) in [6.45, 7) is 11.7. The standard InChI is InChI=1S/C22H36F3N3O2Si/c1-20(2,3)31(5,6)30-16-21(26-4,28-12-7-8-13-28)18-11-9-10-17(14-18)19(29)27-15-22(23,24)25/h9-11,14,26H,7-8,12-13,15-16H2,1-6H3,(H,27,29)/t21-/m1/s1. The maximum Gasteiger partial charge on any atom is 0.405 e. The molecule has 0 spiro atoms. The lowest BCUT2D eigenvalue weighted by atomic mass is 9.96. The van der Waals surface area contributed by atoms with Crippen LogP contribution in [-0.4, -0.2) is 58.6 Å². The smallest absolute Gasteiger partial charge is 0.405 e. The second-order valence-corrected chi connectivity index (χ2v) is 14.5. The molecule has 0 bridgehead atoms. The highest BCUT2D eigenvalue weighted by Crippen LogP contribution is 2.39. The highest BCUT2D eigenvalue weighted by Gasteiger charge is 2.44. The molecule has 1 amide bonds. The van der Waals surface area contributed by atoms with Crippen molar-refractivity contribution in [1.29, 1.82) is 0 Å². The summed E-state index contributed by atoms with van der Waals surface area (Å²) in [5.74, 6) is -0.740. The van der Waals surface area contributed by atoms with E-state index in [0.29, 0.717) is 6.61 Å². The molecule has 9 heteroatoms. The number of nitrogens with zero attached hydrogens (tertiary/aromatic N) is 1. The monoisotopic (exact) mass is 459 g/mol. The highest BCUT2D eigenvalue weighted by atomic mass is 28.4. The van der Waals surface area contributed by atoms with E-state index >= 15 is 0 Å². The number of rotatable bonds is 8. The van der Waals surface area contributed by atoms with E-state index in [2.05, 4.69) is 44.1 Å². The Labute approximate surface area is 184 Å². The highest BCUT2D eigenvalue weighted by molar-refractivity contribution is 6.74. The summed E-state index contributed by atoms with van der Waals surface area (Å²) < 4.78 is 44.2. The number of amides is 1. The fraction of sp³-hybridized carbons (Fsp3) is 0.682. The van der Waals surface area contributed by atoms with Gasteiger partial charge in [-0.1, -0.05) is 32.9 Å². The minimum atomic E-state index is -4.45. The van der Waals surface area contributed by atoms with Crippen LogP contribution in [0.1, 0.15) is 49.5 Å². The quantitative estimate of drug-likeness (QED) is 0.564. The van der Waals surface area contributed by atoms with Gasteiger partial charge in [-0.15, -0.1) is 0 Å². The van der Waals surface area contributed by atoms with Gasteiger partial charge in [0.1, 0.15) is 12.2 Å². The van der Waals surface area contributed by atoms with Crippen LogP contribution in [0.15, 0.2) is 24.3 Å². The van der Waals surface area contributed by atoms with E-state index in [9.17, 15) is 18.0 Å². The van der Waals surface area contributed by atoms with Gasteiger partial charge in [-0.3, -0.25) is 15.0 Å². The zero-order valence-corrected chi connectivity index (χ0v) is 20.4. The number of carbonyl (C=O) groups is 1. The second kappa shape index (κ2) is 9.60. The molecule has 2 N–H and O–H groups in total. The summed E-state index contributed by atoms with van der Waals surface area (Å²) in [5, 5.41) is 5.43. The number of alkyl halides is 3. The molecule has 1 aliphatic rings. The van der Waals surface area contributed by atoms with Gasteiger partial charge in [0, 0.05) is 18.7 Å². The van der Waals surface area contributed by atoms with Crippen LogP contribution in [0, 0.1) is 0 Å². The van der Waals surface area contributed by atoms with Crippen LogP contribution in [0.4, 0.5) is 13.2 Å². The summed E-state index contributed by atoms with van der Waals surface area (Å²) >= 11 is 0. The number of hydrogen-bond acceptors (Lipinski definition) is 4. The van der Waals surface area contributed by atoms with Gasteiger partial charge in [0.2, 0.25) is 0 Å². The molecule has 1 heterocycles. The molecule has 1 fully saturated rings. The zero-order valence-electron chi connectivity index (χ0n) is 19.4. The molecule has 31 heavy (non-hydrogen) atoms. The van der Waals surface area contributed by atoms with Gasteiger partial charge in [0.25, 0.3) is 5.91 Å². The van der Waals surface area contributed by atoms with E-state index in [1.165, 1.54) is 6.07 Å². The average molecular weight is 460 g/mol. The first-order chi connectivity index (χ1) is 14.2. The van der Waals surface area contributed by atoms with E-state index in [0.717, 1.165) is 31.5 Å². The van der Waals surface area contributed by atoms with Crippen LogP contribution in [-0.2, 0) is 10.1 Å². The van der Waals surface area contributed by atoms with Crippen molar-refractivity contribution in [3.05, 3.63) is 35.4 Å². The van der Waals surface area contributed by atoms with Gasteiger partial charge < -0.3 is 9.74 Å². The first-order valence-electron chi connectivity index (χ1n) is 10.8. The first kappa shape index (κ1) is 25.8. The van der Waals surface area contributed by atoms with Crippen molar-refractivity contribution in [2.24, 2.45) is 0 Å². The Morgan fingerprint density at radius 1 is 1.16 bits per heavy atom. The number of carbonyl (C=O) groups excluding carboxylic acids is 1. The van der Waals surface area contributed by atoms with Crippen molar-refractivity contribution in [3.63, 3.8) is 0 Å². The number of benzene rings is 1. The Bertz CT molecular complexity index is 759. The molecule has 1 saturated heterocycles. The molecule has 1 aromatic rings. The van der Waals surface area contributed by atoms with Crippen LogP contribution in [0.2, 0.25) is 18.1 Å². The summed E-state index contributed by atoms with van der Waals surface area (Å²) in [4.78, 5) is 14.7. The molecule has 1 atom stereocenters. The summed E-state index contributed by atoms with van der Waals surface area (Å²) in [6.07, 6.45) is -2.32. The van der Waals surface area contributed by atoms with Crippen molar-refractivity contribution in [1.82, 2.24) is 15.5 Å². The molecule has 0 radical (unpaired) electrons. The van der Waals surface area contributed by atoms with Crippen LogP contribution in [0.3, 0.4) is 0 Å². The molecule has 5 nitrogen and oxygen atoms in total. The lowest BCUT2D eigenvalue weighted by Gasteiger charge is -2.46. The predicted octanol–water partition coefficient (Wildman–Crippen LogP) is 4.47. The number of nitrogens with one attached hydrogen (secondary N) is 2. The lowest BCUT2D eigenvalue weighted by Crippen LogP contribution is -2.59. The largest absolute Gasteiger partial charge is 0.413 e. The summed E-state index contributed by atoms with van der Waals surface area (Å²) in [7, 11) is -0.190. The number of hydrogen-bond donors (Lipinski definition) is 2. The maximum atomic E-state index is 12.5. The van der Waals surface area contributed by atoms with Crippen molar-refractivity contribution in [2.75, 3.05) is 33.3 Å². The van der Waals surface area contributed by atoms with Crippen molar-refractivity contribution >= 4 is 14.2 Å². The minimum Gasteiger partial charge on any atom is -0.413 e. The summed E-state index contributed by atoms with van der Waals surface area (Å²) in [6, 6.07) is 6.83. The fourth-order valence-electron chi connectivity index (χ4n) is 3.53. The van der Waals surface area contributed by atoms with Gasteiger partial charge in [-0.2, -0.15) is 13.2 Å². The number of halogens is 3. The Morgan fingerprint density at radius 2 is 1.77 bits per heavy atom. The zero-order chi connectivity index (χ0) is 23.5. The van der Waals surface area contributed by atoms with Crippen LogP contribution in [0.5, 0.6) is 0 Å². The Hall–Kier alpha value is -1.42. The van der Waals surface area contributed by atoms with Gasteiger partial charge in [-0.05, 0) is 55.7 Å². The first-order valence-corrected chi connectivity index (χ1v) is 13.7. The van der Waals surface area contributed by atoms with Gasteiger partial charge in [0.15, 0.2) is 8.32 Å². The molecule has 0 saturated carbocycles. The third-order valence-electron chi connectivity index (χ3n) is 6.56. The Balaban J connectivity index is 2.37. The molecular formula is C22H36F3N3O2Si. The van der Waals surface area contributed by atoms with E-state index in [1.807, 2.05) is 18.4 Å². The van der Waals surface area contributed by atoms with Crippen molar-refractivity contribution < 1.29 is 22.4 Å². The molecule has 0 aliphatic carbocycles. The predicted molar refractivity (Wildman–Crippen MR) is 120 cm³/mol. The Kier molecular flexibility index (Phi) is 8.00. The van der Waals surface area contributed by atoms with E-state index in [1.54, 1.807) is 12.1 Å². The third kappa shape index (κ3) is 6.31. The van der Waals surface area contributed by atoms with Gasteiger partial charge in [-0.25, -0.2) is 0 Å². The molecule has 2 rings (SSSR count). The SMILES string of the molecule is CN[C@@](CO[Si](C)(C)C(C)(C)C)(c1cccc(C(=O)NCC(F)(F)F)c1)N1CCCC1. The Morgan fingerprint density at radius 3 is 2.29 bits per heavy atom. The van der Waals surface area contributed by atoms with E-state index < -0.39 is 32.6 Å². The average Bonchev–Trinajstić information content (AvgIpc) is 3.21. The molecule has 0 unspecified atom stereocenters. The normalized spacial score (nSPS) is 18.1. The van der Waals surface area contributed by atoms with Gasteiger partial charge >= 0.3 is 6.18 Å². The minimum absolute atomic E-state index is 0.0385. The number of likely N-dealkylation sites (tertiary alicyclic amines) is 1. The van der Waals surface area contributed by atoms with E-state index in [-0.39, 0.29) is 10.6 Å². The summed E-state index contributed by atoms with van der Waals surface area (Å²) in [5.41, 5.74) is 0.356. The topological polar surface area (TPSA) is 53.6 Å². The van der Waals surface area contributed by atoms with Crippen LogP contribution in [0.25, 0.3) is 0 Å². The van der Waals surface area contributed by atoms with Crippen LogP contribution < -0.4 is 10.6 Å². The third-order valence-corrected chi connectivity index (χ3v) is 11.0. The van der Waals surface area contributed by atoms with Gasteiger partial charge in [0.05, 0.1) is 6.61 Å². The van der Waals surface area contributed by atoms with Crippen LogP contribution >= 0.6 is 0 Å². The molecular weight excluding hydrogens is 423 g/mol. The van der Waals surface area contributed by atoms with Crippen molar-refractivity contribution in [2.45, 2.75) is 63.6 Å². The second-order valence-electron chi connectivity index (χ2n) is 9.73. The maximum absolute atomic E-state index is 12.5. The molecule has 1 aliphatic heterocycles. The molecule has 176 valence electrons. The van der Waals surface area contributed by atoms with Crippen molar-refractivity contribution in [3.8, 4) is 0 Å². The van der Waals surface area contributed by atoms with E-state index in [4.69, 9.17) is 4.43 Å². The molecule has 0 aromatic heterocycles.